The Morgan fingerprint density at radius 1 is 1.38 bits per heavy atom. The van der Waals surface area contributed by atoms with Crippen LogP contribution < -0.4 is 5.32 Å². The molecule has 0 spiro atoms. The first kappa shape index (κ1) is 12.5. The van der Waals surface area contributed by atoms with E-state index in [2.05, 4.69) is 11.9 Å². The van der Waals surface area contributed by atoms with Crippen molar-refractivity contribution in [3.8, 4) is 0 Å². The lowest BCUT2D eigenvalue weighted by Crippen LogP contribution is -2.39. The molecule has 1 aliphatic rings. The van der Waals surface area contributed by atoms with E-state index in [0.717, 1.165) is 0 Å². The van der Waals surface area contributed by atoms with Crippen LogP contribution >= 0.6 is 0 Å². The maximum atomic E-state index is 11.7. The van der Waals surface area contributed by atoms with Crippen LogP contribution in [0.4, 0.5) is 0 Å². The lowest BCUT2D eigenvalue weighted by Gasteiger charge is -2.24. The van der Waals surface area contributed by atoms with Crippen molar-refractivity contribution in [2.24, 2.45) is 11.8 Å². The normalized spacial score (nSPS) is 23.8. The zero-order valence-corrected chi connectivity index (χ0v) is 9.19. The molecule has 2 N–H and O–H groups in total. The zero-order valence-electron chi connectivity index (χ0n) is 9.19. The van der Waals surface area contributed by atoms with Gasteiger partial charge in [0.05, 0.1) is 11.8 Å². The van der Waals surface area contributed by atoms with Crippen molar-refractivity contribution in [2.45, 2.75) is 19.3 Å². The van der Waals surface area contributed by atoms with Crippen LogP contribution in [0.1, 0.15) is 19.3 Å². The number of hydrogen-bond donors (Lipinski definition) is 2. The van der Waals surface area contributed by atoms with Crippen molar-refractivity contribution in [3.63, 3.8) is 0 Å². The minimum Gasteiger partial charge on any atom is -0.481 e. The zero-order chi connectivity index (χ0) is 12.0. The first-order chi connectivity index (χ1) is 7.66. The summed E-state index contributed by atoms with van der Waals surface area (Å²) in [7, 11) is 0. The molecule has 88 valence electrons. The number of nitrogens with one attached hydrogen (secondary N) is 1. The molecule has 0 heterocycles. The monoisotopic (exact) mass is 223 g/mol. The summed E-state index contributed by atoms with van der Waals surface area (Å²) in [6.45, 7) is 4.08. The van der Waals surface area contributed by atoms with Gasteiger partial charge in [-0.1, -0.05) is 18.2 Å². The molecule has 0 radical (unpaired) electrons. The molecule has 0 unspecified atom stereocenters. The van der Waals surface area contributed by atoms with Crippen molar-refractivity contribution in [2.75, 3.05) is 6.54 Å². The molecule has 4 heteroatoms. The molecule has 0 aromatic rings. The van der Waals surface area contributed by atoms with E-state index in [1.165, 1.54) is 0 Å². The summed E-state index contributed by atoms with van der Waals surface area (Å²) in [5, 5.41) is 11.7. The van der Waals surface area contributed by atoms with E-state index in [1.54, 1.807) is 6.08 Å². The van der Waals surface area contributed by atoms with Gasteiger partial charge in [0.15, 0.2) is 0 Å². The van der Waals surface area contributed by atoms with Crippen molar-refractivity contribution in [1.82, 2.24) is 5.32 Å². The number of carbonyl (C=O) groups excluding carboxylic acids is 1. The quantitative estimate of drug-likeness (QED) is 0.546. The Labute approximate surface area is 95.0 Å². The lowest BCUT2D eigenvalue weighted by molar-refractivity contribution is -0.147. The highest BCUT2D eigenvalue weighted by atomic mass is 16.4. The number of amides is 1. The molecule has 2 atom stereocenters. The third kappa shape index (κ3) is 3.22. The first-order valence-electron chi connectivity index (χ1n) is 5.43. The van der Waals surface area contributed by atoms with Gasteiger partial charge in [-0.3, -0.25) is 9.59 Å². The van der Waals surface area contributed by atoms with Crippen LogP contribution in [0.5, 0.6) is 0 Å². The van der Waals surface area contributed by atoms with Crippen molar-refractivity contribution in [3.05, 3.63) is 24.8 Å². The van der Waals surface area contributed by atoms with Gasteiger partial charge in [0.2, 0.25) is 5.91 Å². The number of allylic oxidation sites excluding steroid dienone is 2. The molecular formula is C12H17NO3. The van der Waals surface area contributed by atoms with E-state index in [1.807, 2.05) is 12.2 Å². The molecule has 0 aromatic heterocycles. The van der Waals surface area contributed by atoms with E-state index in [0.29, 0.717) is 25.8 Å². The molecule has 0 aliphatic heterocycles. The summed E-state index contributed by atoms with van der Waals surface area (Å²) in [4.78, 5) is 22.7. The summed E-state index contributed by atoms with van der Waals surface area (Å²) in [6.07, 6.45) is 7.07. The van der Waals surface area contributed by atoms with E-state index < -0.39 is 17.8 Å². The van der Waals surface area contributed by atoms with Crippen LogP contribution in [0, 0.1) is 11.8 Å². The molecule has 0 saturated heterocycles. The number of rotatable bonds is 5. The Morgan fingerprint density at radius 2 is 2.00 bits per heavy atom. The second-order valence-electron chi connectivity index (χ2n) is 3.86. The van der Waals surface area contributed by atoms with Gasteiger partial charge in [0.1, 0.15) is 0 Å². The molecule has 0 saturated carbocycles. The molecule has 1 amide bonds. The maximum Gasteiger partial charge on any atom is 0.307 e. The third-order valence-corrected chi connectivity index (χ3v) is 2.73. The van der Waals surface area contributed by atoms with Crippen molar-refractivity contribution < 1.29 is 14.7 Å². The Balaban J connectivity index is 2.55. The van der Waals surface area contributed by atoms with Crippen LogP contribution in [0.25, 0.3) is 0 Å². The smallest absolute Gasteiger partial charge is 0.307 e. The summed E-state index contributed by atoms with van der Waals surface area (Å²) >= 11 is 0. The van der Waals surface area contributed by atoms with Crippen LogP contribution in [-0.4, -0.2) is 23.5 Å². The molecule has 4 nitrogen and oxygen atoms in total. The molecule has 0 bridgehead atoms. The minimum absolute atomic E-state index is 0.168. The largest absolute Gasteiger partial charge is 0.481 e. The number of carbonyl (C=O) groups is 2. The summed E-state index contributed by atoms with van der Waals surface area (Å²) in [5.74, 6) is -2.09. The van der Waals surface area contributed by atoms with Gasteiger partial charge in [0, 0.05) is 6.54 Å². The van der Waals surface area contributed by atoms with E-state index in [9.17, 15) is 9.59 Å². The highest BCUT2D eigenvalue weighted by molar-refractivity contribution is 5.85. The first-order valence-corrected chi connectivity index (χ1v) is 5.43. The average Bonchev–Trinajstić information content (AvgIpc) is 2.29. The Kier molecular flexibility index (Phi) is 4.76. The van der Waals surface area contributed by atoms with Crippen molar-refractivity contribution in [1.29, 1.82) is 0 Å². The average molecular weight is 223 g/mol. The fraction of sp³-hybridized carbons (Fsp3) is 0.500. The minimum atomic E-state index is -0.895. The second-order valence-corrected chi connectivity index (χ2v) is 3.86. The van der Waals surface area contributed by atoms with Gasteiger partial charge >= 0.3 is 5.97 Å². The van der Waals surface area contributed by atoms with Gasteiger partial charge in [-0.15, -0.1) is 6.58 Å². The fourth-order valence-electron chi connectivity index (χ4n) is 1.81. The van der Waals surface area contributed by atoms with Gasteiger partial charge in [0.25, 0.3) is 0 Å². The fourth-order valence-corrected chi connectivity index (χ4v) is 1.81. The Hall–Kier alpha value is -1.58. The van der Waals surface area contributed by atoms with Gasteiger partial charge < -0.3 is 10.4 Å². The molecule has 1 rings (SSSR count). The lowest BCUT2D eigenvalue weighted by atomic mass is 9.82. The highest BCUT2D eigenvalue weighted by Crippen LogP contribution is 2.25. The third-order valence-electron chi connectivity index (χ3n) is 2.73. The predicted octanol–water partition coefficient (Wildman–Crippen LogP) is 1.35. The number of carboxylic acid groups (broad SMARTS) is 1. The predicted molar refractivity (Wildman–Crippen MR) is 60.8 cm³/mol. The molecule has 1 aliphatic carbocycles. The highest BCUT2D eigenvalue weighted by Gasteiger charge is 2.33. The van der Waals surface area contributed by atoms with E-state index in [-0.39, 0.29) is 5.91 Å². The Bertz CT molecular complexity index is 309. The van der Waals surface area contributed by atoms with Gasteiger partial charge in [-0.25, -0.2) is 0 Å². The van der Waals surface area contributed by atoms with Crippen LogP contribution in [0.3, 0.4) is 0 Å². The second kappa shape index (κ2) is 6.10. The van der Waals surface area contributed by atoms with E-state index in [4.69, 9.17) is 5.11 Å². The molecule has 16 heavy (non-hydrogen) atoms. The molecule has 0 aromatic carbocycles. The summed E-state index contributed by atoms with van der Waals surface area (Å²) in [6, 6.07) is 0. The maximum absolute atomic E-state index is 11.7. The molecule has 0 fully saturated rings. The standard InChI is InChI=1S/C12H17NO3/c1-2-3-8-13-11(14)9-6-4-5-7-10(9)12(15)16/h2,4-5,9-10H,1,3,6-8H2,(H,13,14)(H,15,16)/t9-,10+/m1/s1. The van der Waals surface area contributed by atoms with Crippen LogP contribution in [0.2, 0.25) is 0 Å². The number of aliphatic carboxylic acids is 1. The SMILES string of the molecule is C=CCCNC(=O)[C@@H]1CC=CC[C@@H]1C(=O)O. The summed E-state index contributed by atoms with van der Waals surface area (Å²) in [5.41, 5.74) is 0. The van der Waals surface area contributed by atoms with Crippen LogP contribution in [-0.2, 0) is 9.59 Å². The van der Waals surface area contributed by atoms with Gasteiger partial charge in [-0.2, -0.15) is 0 Å². The number of carboxylic acids is 1. The van der Waals surface area contributed by atoms with E-state index >= 15 is 0 Å². The topological polar surface area (TPSA) is 66.4 Å². The van der Waals surface area contributed by atoms with Crippen molar-refractivity contribution >= 4 is 11.9 Å². The Morgan fingerprint density at radius 3 is 2.56 bits per heavy atom. The van der Waals surface area contributed by atoms with Gasteiger partial charge in [-0.05, 0) is 19.3 Å². The van der Waals surface area contributed by atoms with Crippen LogP contribution in [0.15, 0.2) is 24.8 Å². The molecular weight excluding hydrogens is 206 g/mol. The summed E-state index contributed by atoms with van der Waals surface area (Å²) < 4.78 is 0. The number of hydrogen-bond acceptors (Lipinski definition) is 2.